The van der Waals surface area contributed by atoms with Gasteiger partial charge in [0.15, 0.2) is 5.82 Å². The van der Waals surface area contributed by atoms with E-state index in [2.05, 4.69) is 15.3 Å². The molecule has 0 saturated carbocycles. The van der Waals surface area contributed by atoms with Crippen LogP contribution < -0.4 is 14.8 Å². The molecule has 1 amide bonds. The van der Waals surface area contributed by atoms with Crippen molar-refractivity contribution < 1.29 is 23.4 Å². The van der Waals surface area contributed by atoms with Crippen molar-refractivity contribution >= 4 is 33.1 Å². The number of benzene rings is 2. The molecule has 0 fully saturated rings. The summed E-state index contributed by atoms with van der Waals surface area (Å²) in [5.74, 6) is 0.930. The summed E-state index contributed by atoms with van der Waals surface area (Å²) in [6, 6.07) is 13.2. The van der Waals surface area contributed by atoms with Crippen molar-refractivity contribution in [2.24, 2.45) is 0 Å². The molecule has 2 aromatic carbocycles. The summed E-state index contributed by atoms with van der Waals surface area (Å²) in [6.07, 6.45) is 0. The normalized spacial score (nSPS) is 10.9. The Labute approximate surface area is 194 Å². The van der Waals surface area contributed by atoms with Crippen LogP contribution in [-0.2, 0) is 18.0 Å². The maximum absolute atomic E-state index is 13.1. The first kappa shape index (κ1) is 22.6. The average Bonchev–Trinajstić information content (AvgIpc) is 3.15. The summed E-state index contributed by atoms with van der Waals surface area (Å²) in [5.41, 5.74) is 2.18. The number of carbonyl (C=O) groups excluding carboxylic acids is 1. The topological polar surface area (TPSA) is 82.6 Å². The molecule has 0 aliphatic rings. The minimum Gasteiger partial charge on any atom is -0.489 e. The molecular weight excluding hydrogens is 445 g/mol. The molecule has 0 bridgehead atoms. The molecular formula is C24H22FN3O4S. The van der Waals surface area contributed by atoms with E-state index in [-0.39, 0.29) is 24.9 Å². The van der Waals surface area contributed by atoms with Crippen LogP contribution in [0.25, 0.3) is 10.2 Å². The van der Waals surface area contributed by atoms with Crippen LogP contribution in [0, 0.1) is 12.7 Å². The highest BCUT2D eigenvalue weighted by atomic mass is 32.1. The van der Waals surface area contributed by atoms with Gasteiger partial charge in [0, 0.05) is 18.9 Å². The van der Waals surface area contributed by atoms with Crippen molar-refractivity contribution in [3.8, 4) is 11.6 Å². The lowest BCUT2D eigenvalue weighted by Crippen LogP contribution is -2.11. The number of hydrogen-bond donors (Lipinski definition) is 1. The van der Waals surface area contributed by atoms with Crippen LogP contribution in [0.15, 0.2) is 48.5 Å². The lowest BCUT2D eigenvalue weighted by atomic mass is 10.2. The predicted octanol–water partition coefficient (Wildman–Crippen LogP) is 5.13. The van der Waals surface area contributed by atoms with E-state index in [0.717, 1.165) is 11.1 Å². The van der Waals surface area contributed by atoms with Crippen molar-refractivity contribution in [3.63, 3.8) is 0 Å². The SMILES string of the molecule is COCc1nc(OC)c2c(C)c(C(=O)Nc3cccc(OCc4ccc(F)cc4)c3)sc2n1. The molecule has 4 rings (SSSR count). The Kier molecular flexibility index (Phi) is 6.81. The predicted molar refractivity (Wildman–Crippen MR) is 125 cm³/mol. The number of rotatable bonds is 8. The standard InChI is InChI=1S/C24H22FN3O4S/c1-14-20-23(31-3)27-19(13-30-2)28-24(20)33-21(14)22(29)26-17-5-4-6-18(11-17)32-12-15-7-9-16(25)10-8-15/h4-11H,12-13H2,1-3H3,(H,26,29). The molecule has 0 saturated heterocycles. The summed E-state index contributed by atoms with van der Waals surface area (Å²) in [6.45, 7) is 2.38. The van der Waals surface area contributed by atoms with Gasteiger partial charge in [-0.25, -0.2) is 9.37 Å². The van der Waals surface area contributed by atoms with Gasteiger partial charge >= 0.3 is 0 Å². The van der Waals surface area contributed by atoms with Crippen LogP contribution in [0.1, 0.15) is 26.6 Å². The number of thiophene rings is 1. The first-order valence-electron chi connectivity index (χ1n) is 10.1. The summed E-state index contributed by atoms with van der Waals surface area (Å²) >= 11 is 1.27. The first-order chi connectivity index (χ1) is 16.0. The zero-order valence-electron chi connectivity index (χ0n) is 18.3. The number of carbonyl (C=O) groups is 1. The Morgan fingerprint density at radius 3 is 2.61 bits per heavy atom. The number of halogens is 1. The molecule has 0 atom stereocenters. The fraction of sp³-hybridized carbons (Fsp3) is 0.208. The average molecular weight is 468 g/mol. The van der Waals surface area contributed by atoms with Crippen molar-refractivity contribution in [1.29, 1.82) is 0 Å². The monoisotopic (exact) mass is 467 g/mol. The van der Waals surface area contributed by atoms with E-state index < -0.39 is 0 Å². The van der Waals surface area contributed by atoms with Gasteiger partial charge in [-0.3, -0.25) is 4.79 Å². The second-order valence-corrected chi connectivity index (χ2v) is 8.21. The molecule has 1 N–H and O–H groups in total. The molecule has 33 heavy (non-hydrogen) atoms. The third-order valence-electron chi connectivity index (χ3n) is 4.89. The summed E-state index contributed by atoms with van der Waals surface area (Å²) < 4.78 is 29.4. The van der Waals surface area contributed by atoms with Gasteiger partial charge in [-0.15, -0.1) is 11.3 Å². The number of fused-ring (bicyclic) bond motifs is 1. The van der Waals surface area contributed by atoms with E-state index in [4.69, 9.17) is 14.2 Å². The fourth-order valence-electron chi connectivity index (χ4n) is 3.30. The van der Waals surface area contributed by atoms with Gasteiger partial charge in [-0.05, 0) is 42.3 Å². The molecule has 2 heterocycles. The van der Waals surface area contributed by atoms with E-state index in [1.165, 1.54) is 30.6 Å². The van der Waals surface area contributed by atoms with Crippen molar-refractivity contribution in [2.75, 3.05) is 19.5 Å². The maximum atomic E-state index is 13.1. The number of nitrogens with zero attached hydrogens (tertiary/aromatic N) is 2. The number of nitrogens with one attached hydrogen (secondary N) is 1. The van der Waals surface area contributed by atoms with Crippen LogP contribution in [0.5, 0.6) is 11.6 Å². The van der Waals surface area contributed by atoms with Crippen LogP contribution in [0.4, 0.5) is 10.1 Å². The third kappa shape index (κ3) is 5.10. The van der Waals surface area contributed by atoms with E-state index >= 15 is 0 Å². The summed E-state index contributed by atoms with van der Waals surface area (Å²) in [7, 11) is 3.10. The zero-order valence-corrected chi connectivity index (χ0v) is 19.2. The van der Waals surface area contributed by atoms with Crippen molar-refractivity contribution in [1.82, 2.24) is 9.97 Å². The highest BCUT2D eigenvalue weighted by Crippen LogP contribution is 2.35. The molecule has 4 aromatic rings. The number of aryl methyl sites for hydroxylation is 1. The van der Waals surface area contributed by atoms with E-state index in [1.54, 1.807) is 43.5 Å². The second kappa shape index (κ2) is 9.93. The summed E-state index contributed by atoms with van der Waals surface area (Å²) in [5, 5.41) is 3.62. The molecule has 0 aliphatic carbocycles. The van der Waals surface area contributed by atoms with E-state index in [1.807, 2.05) is 6.92 Å². The molecule has 9 heteroatoms. The highest BCUT2D eigenvalue weighted by Gasteiger charge is 2.21. The molecule has 0 unspecified atom stereocenters. The lowest BCUT2D eigenvalue weighted by molar-refractivity contribution is 0.103. The maximum Gasteiger partial charge on any atom is 0.266 e. The Bertz CT molecular complexity index is 1290. The number of anilines is 1. The van der Waals surface area contributed by atoms with Gasteiger partial charge < -0.3 is 19.5 Å². The largest absolute Gasteiger partial charge is 0.489 e. The Balaban J connectivity index is 1.52. The second-order valence-electron chi connectivity index (χ2n) is 7.22. The molecule has 2 aromatic heterocycles. The third-order valence-corrected chi connectivity index (χ3v) is 6.07. The number of methoxy groups -OCH3 is 2. The van der Waals surface area contributed by atoms with Crippen molar-refractivity contribution in [3.05, 3.63) is 76.2 Å². The van der Waals surface area contributed by atoms with Gasteiger partial charge in [0.25, 0.3) is 5.91 Å². The van der Waals surface area contributed by atoms with Gasteiger partial charge in [0.2, 0.25) is 5.88 Å². The molecule has 7 nitrogen and oxygen atoms in total. The smallest absolute Gasteiger partial charge is 0.266 e. The van der Waals surface area contributed by atoms with Gasteiger partial charge in [0.1, 0.15) is 29.6 Å². The molecule has 0 aliphatic heterocycles. The Hall–Kier alpha value is -3.56. The van der Waals surface area contributed by atoms with Crippen LogP contribution in [0.3, 0.4) is 0 Å². The minimum absolute atomic E-state index is 0.246. The van der Waals surface area contributed by atoms with E-state index in [0.29, 0.717) is 38.2 Å². The molecule has 170 valence electrons. The summed E-state index contributed by atoms with van der Waals surface area (Å²) in [4.78, 5) is 23.1. The van der Waals surface area contributed by atoms with E-state index in [9.17, 15) is 9.18 Å². The number of hydrogen-bond acceptors (Lipinski definition) is 7. The molecule has 0 radical (unpaired) electrons. The van der Waals surface area contributed by atoms with Crippen LogP contribution in [0.2, 0.25) is 0 Å². The number of ether oxygens (including phenoxy) is 3. The zero-order chi connectivity index (χ0) is 23.4. The minimum atomic E-state index is -0.293. The fourth-order valence-corrected chi connectivity index (χ4v) is 4.39. The first-order valence-corrected chi connectivity index (χ1v) is 10.9. The highest BCUT2D eigenvalue weighted by molar-refractivity contribution is 7.20. The van der Waals surface area contributed by atoms with Crippen molar-refractivity contribution in [2.45, 2.75) is 20.1 Å². The van der Waals surface area contributed by atoms with Gasteiger partial charge in [-0.1, -0.05) is 18.2 Å². The lowest BCUT2D eigenvalue weighted by Gasteiger charge is -2.09. The van der Waals surface area contributed by atoms with Gasteiger partial charge in [-0.2, -0.15) is 4.98 Å². The van der Waals surface area contributed by atoms with Crippen LogP contribution >= 0.6 is 11.3 Å². The molecule has 0 spiro atoms. The Morgan fingerprint density at radius 2 is 1.88 bits per heavy atom. The number of amides is 1. The number of aromatic nitrogens is 2. The Morgan fingerprint density at radius 1 is 1.09 bits per heavy atom. The van der Waals surface area contributed by atoms with Crippen LogP contribution in [-0.4, -0.2) is 30.1 Å². The van der Waals surface area contributed by atoms with Gasteiger partial charge in [0.05, 0.1) is 17.4 Å². The quantitative estimate of drug-likeness (QED) is 0.387.